The van der Waals surface area contributed by atoms with Crippen molar-refractivity contribution in [3.8, 4) is 11.5 Å². The van der Waals surface area contributed by atoms with E-state index in [4.69, 9.17) is 9.47 Å². The highest BCUT2D eigenvalue weighted by molar-refractivity contribution is 8.18. The van der Waals surface area contributed by atoms with E-state index < -0.39 is 0 Å². The van der Waals surface area contributed by atoms with Gasteiger partial charge in [-0.1, -0.05) is 0 Å². The summed E-state index contributed by atoms with van der Waals surface area (Å²) in [6.45, 7) is 7.02. The molecule has 0 radical (unpaired) electrons. The van der Waals surface area contributed by atoms with E-state index in [9.17, 15) is 4.79 Å². The zero-order valence-electron chi connectivity index (χ0n) is 14.1. The standard InChI is InChI=1S/C18H22N2O3S/c1-3-22-14-8-7-13(15(12-14)23-4-2)11-16-17(21)19-18(24-16)20-9-5-6-10-20/h7-8,11-12H,3-6,9-10H2,1-2H3. The van der Waals surface area contributed by atoms with Crippen molar-refractivity contribution in [1.29, 1.82) is 0 Å². The number of thioether (sulfide) groups is 1. The topological polar surface area (TPSA) is 51.1 Å². The van der Waals surface area contributed by atoms with Gasteiger partial charge in [-0.05, 0) is 56.7 Å². The Labute approximate surface area is 146 Å². The van der Waals surface area contributed by atoms with Crippen LogP contribution >= 0.6 is 11.8 Å². The predicted molar refractivity (Wildman–Crippen MR) is 97.6 cm³/mol. The van der Waals surface area contributed by atoms with E-state index in [1.165, 1.54) is 24.6 Å². The molecule has 2 aliphatic heterocycles. The lowest BCUT2D eigenvalue weighted by Gasteiger charge is -2.14. The summed E-state index contributed by atoms with van der Waals surface area (Å²) in [4.78, 5) is 19.2. The van der Waals surface area contributed by atoms with Gasteiger partial charge in [-0.2, -0.15) is 4.99 Å². The van der Waals surface area contributed by atoms with Crippen LogP contribution < -0.4 is 9.47 Å². The van der Waals surface area contributed by atoms with Crippen LogP contribution in [0.15, 0.2) is 28.1 Å². The third-order valence-electron chi connectivity index (χ3n) is 3.87. The number of ether oxygens (including phenoxy) is 2. The Morgan fingerprint density at radius 3 is 2.67 bits per heavy atom. The highest BCUT2D eigenvalue weighted by Crippen LogP contribution is 2.34. The molecule has 1 aromatic carbocycles. The molecule has 1 fully saturated rings. The van der Waals surface area contributed by atoms with Crippen molar-refractivity contribution in [3.63, 3.8) is 0 Å². The van der Waals surface area contributed by atoms with Gasteiger partial charge in [0.05, 0.1) is 18.1 Å². The molecule has 0 saturated carbocycles. The van der Waals surface area contributed by atoms with Gasteiger partial charge in [-0.3, -0.25) is 4.79 Å². The molecular weight excluding hydrogens is 324 g/mol. The molecule has 0 spiro atoms. The van der Waals surface area contributed by atoms with Gasteiger partial charge in [0.2, 0.25) is 0 Å². The zero-order chi connectivity index (χ0) is 16.9. The largest absolute Gasteiger partial charge is 0.494 e. The Morgan fingerprint density at radius 1 is 1.21 bits per heavy atom. The number of amidine groups is 1. The van der Waals surface area contributed by atoms with Crippen LogP contribution in [0.5, 0.6) is 11.5 Å². The first-order chi connectivity index (χ1) is 11.7. The summed E-state index contributed by atoms with van der Waals surface area (Å²) in [5, 5.41) is 0.827. The Balaban J connectivity index is 1.81. The van der Waals surface area contributed by atoms with Crippen LogP contribution in [0.2, 0.25) is 0 Å². The number of hydrogen-bond donors (Lipinski definition) is 0. The first kappa shape index (κ1) is 16.9. The minimum atomic E-state index is -0.168. The fourth-order valence-corrected chi connectivity index (χ4v) is 3.71. The maximum atomic E-state index is 12.2. The molecule has 0 unspecified atom stereocenters. The molecule has 128 valence electrons. The van der Waals surface area contributed by atoms with E-state index in [-0.39, 0.29) is 5.91 Å². The van der Waals surface area contributed by atoms with Crippen LogP contribution in [0.1, 0.15) is 32.3 Å². The van der Waals surface area contributed by atoms with Crippen molar-refractivity contribution >= 4 is 28.9 Å². The smallest absolute Gasteiger partial charge is 0.286 e. The SMILES string of the molecule is CCOc1ccc(C=C2SC(N3CCCC3)=NC2=O)c(OCC)c1. The normalized spacial score (nSPS) is 19.1. The third kappa shape index (κ3) is 3.75. The van der Waals surface area contributed by atoms with Crippen LogP contribution in [0.25, 0.3) is 6.08 Å². The maximum absolute atomic E-state index is 12.2. The highest BCUT2D eigenvalue weighted by Gasteiger charge is 2.27. The van der Waals surface area contributed by atoms with Crippen molar-refractivity contribution in [3.05, 3.63) is 28.7 Å². The molecule has 0 bridgehead atoms. The predicted octanol–water partition coefficient (Wildman–Crippen LogP) is 3.55. The van der Waals surface area contributed by atoms with Gasteiger partial charge in [0, 0.05) is 24.7 Å². The molecule has 3 rings (SSSR count). The number of rotatable bonds is 5. The Hall–Kier alpha value is -1.95. The number of carbonyl (C=O) groups excluding carboxylic acids is 1. The van der Waals surface area contributed by atoms with Crippen molar-refractivity contribution < 1.29 is 14.3 Å². The molecule has 2 heterocycles. The summed E-state index contributed by atoms with van der Waals surface area (Å²) in [5.74, 6) is 1.32. The minimum absolute atomic E-state index is 0.168. The average molecular weight is 346 g/mol. The van der Waals surface area contributed by atoms with E-state index in [2.05, 4.69) is 9.89 Å². The first-order valence-electron chi connectivity index (χ1n) is 8.38. The number of aliphatic imine (C=N–C) groups is 1. The van der Waals surface area contributed by atoms with Crippen molar-refractivity contribution in [2.24, 2.45) is 4.99 Å². The van der Waals surface area contributed by atoms with Crippen LogP contribution in [0, 0.1) is 0 Å². The zero-order valence-corrected chi connectivity index (χ0v) is 14.9. The average Bonchev–Trinajstić information content (AvgIpc) is 3.21. The van der Waals surface area contributed by atoms with Gasteiger partial charge in [-0.25, -0.2) is 0 Å². The van der Waals surface area contributed by atoms with E-state index in [0.29, 0.717) is 18.1 Å². The second-order valence-corrected chi connectivity index (χ2v) is 6.58. The molecule has 6 heteroatoms. The lowest BCUT2D eigenvalue weighted by molar-refractivity contribution is -0.113. The minimum Gasteiger partial charge on any atom is -0.494 e. The molecule has 0 aliphatic carbocycles. The Bertz CT molecular complexity index is 679. The van der Waals surface area contributed by atoms with E-state index in [1.54, 1.807) is 0 Å². The van der Waals surface area contributed by atoms with Crippen molar-refractivity contribution in [2.75, 3.05) is 26.3 Å². The second-order valence-electron chi connectivity index (χ2n) is 5.57. The molecular formula is C18H22N2O3S. The monoisotopic (exact) mass is 346 g/mol. The van der Waals surface area contributed by atoms with Crippen LogP contribution in [0.4, 0.5) is 0 Å². The van der Waals surface area contributed by atoms with Crippen molar-refractivity contribution in [1.82, 2.24) is 4.90 Å². The fraction of sp³-hybridized carbons (Fsp3) is 0.444. The summed E-state index contributed by atoms with van der Waals surface area (Å²) in [7, 11) is 0. The van der Waals surface area contributed by atoms with Gasteiger partial charge in [0.25, 0.3) is 5.91 Å². The molecule has 0 N–H and O–H groups in total. The Kier molecular flexibility index (Phi) is 5.45. The summed E-state index contributed by atoms with van der Waals surface area (Å²) in [6.07, 6.45) is 4.20. The summed E-state index contributed by atoms with van der Waals surface area (Å²) in [5.41, 5.74) is 0.869. The molecule has 0 aromatic heterocycles. The number of likely N-dealkylation sites (tertiary alicyclic amines) is 1. The first-order valence-corrected chi connectivity index (χ1v) is 9.20. The number of nitrogens with zero attached hydrogens (tertiary/aromatic N) is 2. The number of carbonyl (C=O) groups is 1. The Morgan fingerprint density at radius 2 is 1.96 bits per heavy atom. The van der Waals surface area contributed by atoms with E-state index >= 15 is 0 Å². The fourth-order valence-electron chi connectivity index (χ4n) is 2.75. The summed E-state index contributed by atoms with van der Waals surface area (Å²) < 4.78 is 11.2. The van der Waals surface area contributed by atoms with Crippen LogP contribution in [0.3, 0.4) is 0 Å². The molecule has 0 atom stereocenters. The van der Waals surface area contributed by atoms with Gasteiger partial charge < -0.3 is 14.4 Å². The molecule has 1 aromatic rings. The molecule has 24 heavy (non-hydrogen) atoms. The number of amides is 1. The quantitative estimate of drug-likeness (QED) is 0.763. The van der Waals surface area contributed by atoms with Gasteiger partial charge in [0.15, 0.2) is 5.17 Å². The van der Waals surface area contributed by atoms with Gasteiger partial charge >= 0.3 is 0 Å². The molecule has 1 amide bonds. The van der Waals surface area contributed by atoms with Crippen molar-refractivity contribution in [2.45, 2.75) is 26.7 Å². The molecule has 2 aliphatic rings. The third-order valence-corrected chi connectivity index (χ3v) is 4.91. The van der Waals surface area contributed by atoms with E-state index in [1.807, 2.05) is 38.1 Å². The van der Waals surface area contributed by atoms with Crippen LogP contribution in [-0.4, -0.2) is 42.3 Å². The lowest BCUT2D eigenvalue weighted by Crippen LogP contribution is -2.23. The van der Waals surface area contributed by atoms with E-state index in [0.717, 1.165) is 35.3 Å². The second kappa shape index (κ2) is 7.75. The molecule has 5 nitrogen and oxygen atoms in total. The van der Waals surface area contributed by atoms with Gasteiger partial charge in [0.1, 0.15) is 11.5 Å². The summed E-state index contributed by atoms with van der Waals surface area (Å²) >= 11 is 1.45. The molecule has 1 saturated heterocycles. The maximum Gasteiger partial charge on any atom is 0.286 e. The summed E-state index contributed by atoms with van der Waals surface area (Å²) in [6, 6.07) is 5.68. The van der Waals surface area contributed by atoms with Crippen LogP contribution in [-0.2, 0) is 4.79 Å². The lowest BCUT2D eigenvalue weighted by atomic mass is 10.1. The number of benzene rings is 1. The highest BCUT2D eigenvalue weighted by atomic mass is 32.2. The number of hydrogen-bond acceptors (Lipinski definition) is 5. The van der Waals surface area contributed by atoms with Gasteiger partial charge in [-0.15, -0.1) is 0 Å².